The largest absolute Gasteiger partial charge is 0.299 e. The van der Waals surface area contributed by atoms with Crippen LogP contribution in [0.2, 0.25) is 5.02 Å². The quantitative estimate of drug-likeness (QED) is 0.532. The van der Waals surface area contributed by atoms with Crippen molar-refractivity contribution in [3.8, 4) is 0 Å². The molecule has 0 atom stereocenters. The van der Waals surface area contributed by atoms with Crippen molar-refractivity contribution >= 4 is 17.4 Å². The molecule has 120 valence electrons. The first kappa shape index (κ1) is 18.2. The molecule has 4 heteroatoms. The number of halogens is 1. The van der Waals surface area contributed by atoms with E-state index in [1.54, 1.807) is 0 Å². The molecule has 0 unspecified atom stereocenters. The molecule has 0 spiro atoms. The molecule has 0 saturated heterocycles. The van der Waals surface area contributed by atoms with Crippen LogP contribution in [0.5, 0.6) is 0 Å². The Hall–Kier alpha value is -0.830. The maximum atomic E-state index is 12.1. The van der Waals surface area contributed by atoms with Crippen molar-refractivity contribution in [1.29, 1.82) is 0 Å². The lowest BCUT2D eigenvalue weighted by molar-refractivity contribution is -0.118. The molecule has 0 amide bonds. The Kier molecular flexibility index (Phi) is 8.67. The van der Waals surface area contributed by atoms with Crippen molar-refractivity contribution in [3.05, 3.63) is 16.4 Å². The molecular formula is C17H29ClN2O. The molecule has 1 rings (SSSR count). The maximum Gasteiger partial charge on any atom is 0.138 e. The molecule has 0 bridgehead atoms. The first-order valence-electron chi connectivity index (χ1n) is 8.33. The van der Waals surface area contributed by atoms with Gasteiger partial charge in [-0.15, -0.1) is 0 Å². The van der Waals surface area contributed by atoms with Gasteiger partial charge in [-0.3, -0.25) is 9.48 Å². The van der Waals surface area contributed by atoms with Gasteiger partial charge < -0.3 is 0 Å². The summed E-state index contributed by atoms with van der Waals surface area (Å²) >= 11 is 6.23. The minimum absolute atomic E-state index is 0.278. The Balaban J connectivity index is 2.28. The summed E-state index contributed by atoms with van der Waals surface area (Å²) in [6.45, 7) is 6.89. The second-order valence-corrected chi connectivity index (χ2v) is 6.13. The molecule has 0 N–H and O–H groups in total. The van der Waals surface area contributed by atoms with Gasteiger partial charge in [-0.2, -0.15) is 5.10 Å². The van der Waals surface area contributed by atoms with Crippen LogP contribution in [0.3, 0.4) is 0 Å². The van der Waals surface area contributed by atoms with Crippen LogP contribution in [0.1, 0.15) is 76.6 Å². The van der Waals surface area contributed by atoms with E-state index in [1.165, 1.54) is 32.1 Å². The molecule has 0 aliphatic heterocycles. The van der Waals surface area contributed by atoms with Gasteiger partial charge in [-0.25, -0.2) is 0 Å². The summed E-state index contributed by atoms with van der Waals surface area (Å²) in [5, 5.41) is 5.01. The molecule has 1 aromatic rings. The number of hydrogen-bond donors (Lipinski definition) is 0. The van der Waals surface area contributed by atoms with Crippen molar-refractivity contribution < 1.29 is 4.79 Å². The zero-order valence-electron chi connectivity index (χ0n) is 13.8. The Morgan fingerprint density at radius 2 is 1.71 bits per heavy atom. The highest BCUT2D eigenvalue weighted by molar-refractivity contribution is 6.32. The van der Waals surface area contributed by atoms with E-state index in [0.717, 1.165) is 30.8 Å². The minimum Gasteiger partial charge on any atom is -0.299 e. The normalized spacial score (nSPS) is 11.0. The Labute approximate surface area is 134 Å². The van der Waals surface area contributed by atoms with Gasteiger partial charge in [-0.1, -0.05) is 57.0 Å². The number of aryl methyl sites for hydroxylation is 2. The van der Waals surface area contributed by atoms with Gasteiger partial charge in [0.25, 0.3) is 0 Å². The van der Waals surface area contributed by atoms with E-state index in [4.69, 9.17) is 11.6 Å². The van der Waals surface area contributed by atoms with Gasteiger partial charge in [-0.05, 0) is 20.3 Å². The van der Waals surface area contributed by atoms with Gasteiger partial charge in [0.05, 0.1) is 16.4 Å². The summed E-state index contributed by atoms with van der Waals surface area (Å²) in [5.74, 6) is 0.278. The summed E-state index contributed by atoms with van der Waals surface area (Å²) in [4.78, 5) is 12.1. The van der Waals surface area contributed by atoms with Crippen LogP contribution >= 0.6 is 11.6 Å². The van der Waals surface area contributed by atoms with Crippen LogP contribution < -0.4 is 0 Å². The van der Waals surface area contributed by atoms with Crippen LogP contribution in [-0.4, -0.2) is 15.6 Å². The number of nitrogens with zero attached hydrogens (tertiary/aromatic N) is 2. The zero-order chi connectivity index (χ0) is 15.7. The van der Waals surface area contributed by atoms with E-state index in [0.29, 0.717) is 17.9 Å². The molecule has 0 aliphatic carbocycles. The Morgan fingerprint density at radius 1 is 1.10 bits per heavy atom. The van der Waals surface area contributed by atoms with Crippen molar-refractivity contribution in [1.82, 2.24) is 9.78 Å². The summed E-state index contributed by atoms with van der Waals surface area (Å²) < 4.78 is 1.85. The van der Waals surface area contributed by atoms with E-state index in [-0.39, 0.29) is 5.78 Å². The van der Waals surface area contributed by atoms with E-state index >= 15 is 0 Å². The van der Waals surface area contributed by atoms with Crippen molar-refractivity contribution in [2.75, 3.05) is 0 Å². The van der Waals surface area contributed by atoms with Crippen molar-refractivity contribution in [2.24, 2.45) is 0 Å². The van der Waals surface area contributed by atoms with Gasteiger partial charge in [0.15, 0.2) is 0 Å². The monoisotopic (exact) mass is 312 g/mol. The molecule has 0 aliphatic rings. The smallest absolute Gasteiger partial charge is 0.138 e. The molecule has 0 saturated carbocycles. The number of hydrogen-bond acceptors (Lipinski definition) is 2. The molecular weight excluding hydrogens is 284 g/mol. The van der Waals surface area contributed by atoms with Gasteiger partial charge >= 0.3 is 0 Å². The van der Waals surface area contributed by atoms with Crippen LogP contribution in [0.4, 0.5) is 0 Å². The summed E-state index contributed by atoms with van der Waals surface area (Å²) in [6, 6.07) is 0. The number of ketones is 1. The highest BCUT2D eigenvalue weighted by Crippen LogP contribution is 2.21. The predicted octanol–water partition coefficient (Wildman–Crippen LogP) is 5.12. The molecule has 0 fully saturated rings. The van der Waals surface area contributed by atoms with Crippen LogP contribution in [0, 0.1) is 6.92 Å². The fourth-order valence-corrected chi connectivity index (χ4v) is 2.79. The molecule has 0 aromatic carbocycles. The highest BCUT2D eigenvalue weighted by Gasteiger charge is 2.15. The fraction of sp³-hybridized carbons (Fsp3) is 0.765. The Bertz CT molecular complexity index is 440. The van der Waals surface area contributed by atoms with E-state index in [9.17, 15) is 4.79 Å². The topological polar surface area (TPSA) is 34.9 Å². The van der Waals surface area contributed by atoms with Crippen LogP contribution in [-0.2, 0) is 17.8 Å². The summed E-state index contributed by atoms with van der Waals surface area (Å²) in [7, 11) is 0. The highest BCUT2D eigenvalue weighted by atomic mass is 35.5. The molecule has 0 radical (unpaired) electrons. The van der Waals surface area contributed by atoms with Crippen molar-refractivity contribution in [3.63, 3.8) is 0 Å². The number of Topliss-reactive ketones (excluding diaryl/α,β-unsaturated/α-hetero) is 1. The van der Waals surface area contributed by atoms with Gasteiger partial charge in [0.2, 0.25) is 0 Å². The second kappa shape index (κ2) is 9.99. The maximum absolute atomic E-state index is 12.1. The second-order valence-electron chi connectivity index (χ2n) is 5.75. The van der Waals surface area contributed by atoms with Gasteiger partial charge in [0, 0.05) is 19.4 Å². The molecule has 3 nitrogen and oxygen atoms in total. The average molecular weight is 313 g/mol. The average Bonchev–Trinajstić information content (AvgIpc) is 2.74. The lowest BCUT2D eigenvalue weighted by Gasteiger charge is -2.05. The minimum atomic E-state index is 0.278. The lowest BCUT2D eigenvalue weighted by Crippen LogP contribution is -2.09. The molecule has 21 heavy (non-hydrogen) atoms. The standard InChI is InChI=1S/C17H29ClN2O/c1-4-6-7-8-9-10-11-12-15(21)13-16-17(18)14(3)19-20(16)5-2/h4-13H2,1-3H3. The third-order valence-electron chi connectivity index (χ3n) is 3.88. The summed E-state index contributed by atoms with van der Waals surface area (Å²) in [5.41, 5.74) is 1.70. The Morgan fingerprint density at radius 3 is 2.33 bits per heavy atom. The first-order valence-corrected chi connectivity index (χ1v) is 8.71. The molecule has 1 heterocycles. The SMILES string of the molecule is CCCCCCCCCC(=O)Cc1c(Cl)c(C)nn1CC. The number of rotatable bonds is 11. The number of carbonyl (C=O) groups is 1. The first-order chi connectivity index (χ1) is 10.1. The number of unbranched alkanes of at least 4 members (excludes halogenated alkanes) is 6. The fourth-order valence-electron chi connectivity index (χ4n) is 2.59. The van der Waals surface area contributed by atoms with Gasteiger partial charge in [0.1, 0.15) is 5.78 Å². The number of aromatic nitrogens is 2. The predicted molar refractivity (Wildman–Crippen MR) is 89.0 cm³/mol. The van der Waals surface area contributed by atoms with E-state index < -0.39 is 0 Å². The van der Waals surface area contributed by atoms with Crippen LogP contribution in [0.25, 0.3) is 0 Å². The summed E-state index contributed by atoms with van der Waals surface area (Å²) in [6.07, 6.45) is 9.74. The zero-order valence-corrected chi connectivity index (χ0v) is 14.5. The van der Waals surface area contributed by atoms with E-state index in [1.807, 2.05) is 18.5 Å². The third kappa shape index (κ3) is 6.21. The third-order valence-corrected chi connectivity index (χ3v) is 4.37. The molecule has 1 aromatic heterocycles. The van der Waals surface area contributed by atoms with Crippen molar-refractivity contribution in [2.45, 2.75) is 85.1 Å². The van der Waals surface area contributed by atoms with E-state index in [2.05, 4.69) is 12.0 Å². The van der Waals surface area contributed by atoms with Crippen LogP contribution in [0.15, 0.2) is 0 Å². The number of carbonyl (C=O) groups excluding carboxylic acids is 1. The lowest BCUT2D eigenvalue weighted by atomic mass is 10.0.